The highest BCUT2D eigenvalue weighted by molar-refractivity contribution is 5.53. The molecule has 0 amide bonds. The molecule has 6 rings (SSSR count). The number of ether oxygens (including phenoxy) is 1. The molecule has 9 heteroatoms. The van der Waals surface area contributed by atoms with Crippen molar-refractivity contribution >= 4 is 11.8 Å². The molecule has 1 aromatic heterocycles. The number of aliphatic hydroxyl groups excluding tert-OH is 2. The van der Waals surface area contributed by atoms with Gasteiger partial charge in [0.1, 0.15) is 23.2 Å². The van der Waals surface area contributed by atoms with Gasteiger partial charge in [0.25, 0.3) is 0 Å². The van der Waals surface area contributed by atoms with E-state index in [9.17, 15) is 15.5 Å². The van der Waals surface area contributed by atoms with Crippen LogP contribution in [0.15, 0.2) is 30.5 Å². The lowest BCUT2D eigenvalue weighted by atomic mass is 9.48. The zero-order valence-corrected chi connectivity index (χ0v) is 21.5. The zero-order valence-electron chi connectivity index (χ0n) is 21.5. The first-order valence-corrected chi connectivity index (χ1v) is 13.4. The van der Waals surface area contributed by atoms with E-state index in [1.165, 1.54) is 19.3 Å². The summed E-state index contributed by atoms with van der Waals surface area (Å²) in [6.07, 6.45) is 7.62. The second-order valence-electron chi connectivity index (χ2n) is 11.2. The summed E-state index contributed by atoms with van der Waals surface area (Å²) in [7, 11) is 1.66. The SMILES string of the molecule is COc1ccccc1CNc1ncc(C#N)c(NCC23CC4C[C@H](C2)C(NCC(CO)CO)[C@@H](C4)C3)n1. The highest BCUT2D eigenvalue weighted by atomic mass is 16.5. The molecule has 0 radical (unpaired) electrons. The number of nitriles is 1. The van der Waals surface area contributed by atoms with Crippen LogP contribution in [0.3, 0.4) is 0 Å². The first-order valence-electron chi connectivity index (χ1n) is 13.4. The number of para-hydroxylation sites is 1. The summed E-state index contributed by atoms with van der Waals surface area (Å²) in [6.45, 7) is 2.01. The molecule has 4 fully saturated rings. The molecule has 2 aromatic rings. The molecular formula is C28H38N6O3. The third kappa shape index (κ3) is 5.52. The maximum atomic E-state index is 9.67. The zero-order chi connectivity index (χ0) is 25.8. The summed E-state index contributed by atoms with van der Waals surface area (Å²) >= 11 is 0. The monoisotopic (exact) mass is 506 g/mol. The van der Waals surface area contributed by atoms with Crippen LogP contribution in [0.5, 0.6) is 5.75 Å². The van der Waals surface area contributed by atoms with Gasteiger partial charge in [0.15, 0.2) is 0 Å². The predicted octanol–water partition coefficient (Wildman–Crippen LogP) is 2.77. The topological polar surface area (TPSA) is 135 Å². The third-order valence-corrected chi connectivity index (χ3v) is 8.73. The summed E-state index contributed by atoms with van der Waals surface area (Å²) in [6, 6.07) is 10.5. The normalized spacial score (nSPS) is 27.8. The molecule has 198 valence electrons. The van der Waals surface area contributed by atoms with Crippen LogP contribution in [0, 0.1) is 40.4 Å². The van der Waals surface area contributed by atoms with Crippen LogP contribution < -0.4 is 20.7 Å². The Labute approximate surface area is 218 Å². The lowest BCUT2D eigenvalue weighted by Gasteiger charge is -2.60. The van der Waals surface area contributed by atoms with Crippen molar-refractivity contribution in [3.63, 3.8) is 0 Å². The molecule has 37 heavy (non-hydrogen) atoms. The molecule has 5 N–H and O–H groups in total. The van der Waals surface area contributed by atoms with Gasteiger partial charge >= 0.3 is 0 Å². The molecule has 1 aromatic carbocycles. The maximum absolute atomic E-state index is 9.67. The standard InChI is InChI=1S/C28H38N6O3/c1-37-24-5-3-2-4-20(24)13-31-27-32-14-23(11-29)26(34-27)33-17-28-8-18-6-21(9-28)25(22(7-18)10-28)30-12-19(15-35)16-36/h2-5,14,18-19,21-22,25,30,35-36H,6-10,12-13,15-17H2,1H3,(H2,31,32,33,34)/t18?,21-,22+,25?,28?. The predicted molar refractivity (Wildman–Crippen MR) is 141 cm³/mol. The highest BCUT2D eigenvalue weighted by Gasteiger charge is 2.55. The molecule has 5 atom stereocenters. The number of methoxy groups -OCH3 is 1. The average molecular weight is 507 g/mol. The van der Waals surface area contributed by atoms with Crippen LogP contribution in [0.2, 0.25) is 0 Å². The molecule has 0 aliphatic heterocycles. The summed E-state index contributed by atoms with van der Waals surface area (Å²) < 4.78 is 5.43. The fraction of sp³-hybridized carbons (Fsp3) is 0.607. The minimum absolute atomic E-state index is 0.0118. The Morgan fingerprint density at radius 3 is 2.59 bits per heavy atom. The summed E-state index contributed by atoms with van der Waals surface area (Å²) in [4.78, 5) is 9.00. The van der Waals surface area contributed by atoms with Gasteiger partial charge in [-0.2, -0.15) is 10.2 Å². The van der Waals surface area contributed by atoms with Crippen LogP contribution >= 0.6 is 0 Å². The van der Waals surface area contributed by atoms with Crippen molar-refractivity contribution in [2.24, 2.45) is 29.1 Å². The van der Waals surface area contributed by atoms with Crippen molar-refractivity contribution in [1.29, 1.82) is 5.26 Å². The molecule has 1 heterocycles. The fourth-order valence-corrected chi connectivity index (χ4v) is 7.21. The number of hydrogen-bond acceptors (Lipinski definition) is 9. The number of rotatable bonds is 12. The molecule has 4 aliphatic carbocycles. The van der Waals surface area contributed by atoms with Gasteiger partial charge in [-0.25, -0.2) is 4.98 Å². The van der Waals surface area contributed by atoms with Crippen molar-refractivity contribution in [2.45, 2.75) is 44.7 Å². The van der Waals surface area contributed by atoms with E-state index < -0.39 is 0 Å². The Morgan fingerprint density at radius 2 is 1.89 bits per heavy atom. The number of hydrogen-bond donors (Lipinski definition) is 5. The van der Waals surface area contributed by atoms with Crippen molar-refractivity contribution < 1.29 is 14.9 Å². The van der Waals surface area contributed by atoms with E-state index in [1.54, 1.807) is 13.3 Å². The molecule has 9 nitrogen and oxygen atoms in total. The van der Waals surface area contributed by atoms with Crippen LogP contribution in [0.4, 0.5) is 11.8 Å². The summed E-state index contributed by atoms with van der Waals surface area (Å²) in [5.74, 6) is 3.75. The lowest BCUT2D eigenvalue weighted by Crippen LogP contribution is -2.60. The van der Waals surface area contributed by atoms with Gasteiger partial charge in [-0.1, -0.05) is 18.2 Å². The maximum Gasteiger partial charge on any atom is 0.224 e. The minimum atomic E-state index is -0.0965. The summed E-state index contributed by atoms with van der Waals surface area (Å²) in [5.41, 5.74) is 1.67. The van der Waals surface area contributed by atoms with Gasteiger partial charge in [-0.3, -0.25) is 0 Å². The molecule has 4 saturated carbocycles. The van der Waals surface area contributed by atoms with Crippen LogP contribution in [0.25, 0.3) is 0 Å². The number of nitrogens with one attached hydrogen (secondary N) is 3. The van der Waals surface area contributed by atoms with E-state index in [4.69, 9.17) is 4.74 Å². The van der Waals surface area contributed by atoms with Crippen molar-refractivity contribution in [2.75, 3.05) is 44.0 Å². The van der Waals surface area contributed by atoms with Gasteiger partial charge in [0, 0.05) is 50.4 Å². The Bertz CT molecular complexity index is 1100. The van der Waals surface area contributed by atoms with Gasteiger partial charge in [0.2, 0.25) is 5.95 Å². The van der Waals surface area contributed by atoms with E-state index in [1.807, 2.05) is 24.3 Å². The molecular weight excluding hydrogens is 468 g/mol. The molecule has 4 bridgehead atoms. The second kappa shape index (κ2) is 11.2. The minimum Gasteiger partial charge on any atom is -0.496 e. The number of benzene rings is 1. The van der Waals surface area contributed by atoms with Gasteiger partial charge in [-0.05, 0) is 61.3 Å². The van der Waals surface area contributed by atoms with E-state index in [0.717, 1.165) is 36.6 Å². The van der Waals surface area contributed by atoms with Crippen LogP contribution in [-0.2, 0) is 6.54 Å². The fourth-order valence-electron chi connectivity index (χ4n) is 7.21. The summed E-state index contributed by atoms with van der Waals surface area (Å²) in [5, 5.41) is 39.1. The molecule has 0 spiro atoms. The Kier molecular flexibility index (Phi) is 7.79. The smallest absolute Gasteiger partial charge is 0.224 e. The first kappa shape index (κ1) is 25.7. The Balaban J connectivity index is 1.23. The first-order chi connectivity index (χ1) is 18.1. The second-order valence-corrected chi connectivity index (χ2v) is 11.2. The Hall–Kier alpha value is -2.93. The van der Waals surface area contributed by atoms with Gasteiger partial charge in [0.05, 0.1) is 13.3 Å². The number of nitrogens with zero attached hydrogens (tertiary/aromatic N) is 3. The average Bonchev–Trinajstić information content (AvgIpc) is 2.92. The van der Waals surface area contributed by atoms with Crippen molar-refractivity contribution in [3.8, 4) is 11.8 Å². The molecule has 4 aliphatic rings. The molecule has 3 unspecified atom stereocenters. The van der Waals surface area contributed by atoms with E-state index in [0.29, 0.717) is 48.3 Å². The van der Waals surface area contributed by atoms with Gasteiger partial charge < -0.3 is 30.9 Å². The lowest BCUT2D eigenvalue weighted by molar-refractivity contribution is -0.0708. The molecule has 0 saturated heterocycles. The van der Waals surface area contributed by atoms with E-state index in [2.05, 4.69) is 32.0 Å². The quantitative estimate of drug-likeness (QED) is 0.294. The highest BCUT2D eigenvalue weighted by Crippen LogP contribution is 2.60. The van der Waals surface area contributed by atoms with Crippen molar-refractivity contribution in [1.82, 2.24) is 15.3 Å². The Morgan fingerprint density at radius 1 is 1.14 bits per heavy atom. The third-order valence-electron chi connectivity index (χ3n) is 8.73. The van der Waals surface area contributed by atoms with E-state index >= 15 is 0 Å². The van der Waals surface area contributed by atoms with Crippen molar-refractivity contribution in [3.05, 3.63) is 41.6 Å². The number of aromatic nitrogens is 2. The van der Waals surface area contributed by atoms with Crippen LogP contribution in [-0.4, -0.2) is 59.6 Å². The number of aliphatic hydroxyl groups is 2. The largest absolute Gasteiger partial charge is 0.496 e. The van der Waals surface area contributed by atoms with Gasteiger partial charge in [-0.15, -0.1) is 0 Å². The van der Waals surface area contributed by atoms with E-state index in [-0.39, 0.29) is 24.5 Å². The van der Waals surface area contributed by atoms with Crippen LogP contribution in [0.1, 0.15) is 43.2 Å². The number of anilines is 2.